The largest absolute Gasteiger partial charge is 0.497 e. The van der Waals surface area contributed by atoms with Gasteiger partial charge >= 0.3 is 0 Å². The number of methoxy groups -OCH3 is 1. The summed E-state index contributed by atoms with van der Waals surface area (Å²) in [6.07, 6.45) is 7.60. The first-order valence-corrected chi connectivity index (χ1v) is 11.9. The second-order valence-electron chi connectivity index (χ2n) is 8.31. The number of piperidine rings is 1. The summed E-state index contributed by atoms with van der Waals surface area (Å²) in [6.45, 7) is 6.73. The van der Waals surface area contributed by atoms with Gasteiger partial charge in [-0.2, -0.15) is 4.98 Å². The van der Waals surface area contributed by atoms with Gasteiger partial charge in [0.15, 0.2) is 5.96 Å². The van der Waals surface area contributed by atoms with Gasteiger partial charge in [0.2, 0.25) is 11.7 Å². The van der Waals surface area contributed by atoms with Gasteiger partial charge in [0, 0.05) is 44.7 Å². The standard InChI is InChI=1S/C24H38N6O2/c1-4-16-30-17-13-20(14-18-30)27-24(25-2)26-15-7-5-6-8-22-28-23(29-32-22)19-9-11-21(31-3)12-10-19/h9-12,20H,4-8,13-18H2,1-3H3,(H2,25,26,27). The molecule has 2 heterocycles. The Morgan fingerprint density at radius 1 is 1.19 bits per heavy atom. The molecule has 0 aliphatic carbocycles. The minimum absolute atomic E-state index is 0.520. The van der Waals surface area contributed by atoms with E-state index in [1.54, 1.807) is 7.11 Å². The Kier molecular flexibility index (Phi) is 9.81. The minimum atomic E-state index is 0.520. The van der Waals surface area contributed by atoms with E-state index >= 15 is 0 Å². The monoisotopic (exact) mass is 442 g/mol. The van der Waals surface area contributed by atoms with E-state index in [1.165, 1.54) is 38.9 Å². The highest BCUT2D eigenvalue weighted by atomic mass is 16.5. The molecule has 0 radical (unpaired) electrons. The van der Waals surface area contributed by atoms with Crippen molar-refractivity contribution in [1.29, 1.82) is 0 Å². The van der Waals surface area contributed by atoms with Crippen molar-refractivity contribution in [2.24, 2.45) is 4.99 Å². The van der Waals surface area contributed by atoms with Crippen molar-refractivity contribution in [1.82, 2.24) is 25.7 Å². The van der Waals surface area contributed by atoms with Crippen molar-refractivity contribution in [2.75, 3.05) is 40.3 Å². The van der Waals surface area contributed by atoms with E-state index in [9.17, 15) is 0 Å². The second kappa shape index (κ2) is 13.1. The number of hydrogen-bond acceptors (Lipinski definition) is 6. The molecule has 1 aromatic carbocycles. The number of ether oxygens (including phenoxy) is 1. The summed E-state index contributed by atoms with van der Waals surface area (Å²) in [5.41, 5.74) is 0.930. The zero-order chi connectivity index (χ0) is 22.6. The van der Waals surface area contributed by atoms with Crippen LogP contribution in [0.3, 0.4) is 0 Å². The summed E-state index contributed by atoms with van der Waals surface area (Å²) < 4.78 is 10.6. The van der Waals surface area contributed by atoms with Crippen LogP contribution in [-0.4, -0.2) is 67.4 Å². The summed E-state index contributed by atoms with van der Waals surface area (Å²) >= 11 is 0. The average molecular weight is 443 g/mol. The normalized spacial score (nSPS) is 15.7. The lowest BCUT2D eigenvalue weighted by Crippen LogP contribution is -2.48. The molecule has 176 valence electrons. The molecule has 1 aliphatic heterocycles. The number of guanidine groups is 1. The first-order chi connectivity index (χ1) is 15.7. The summed E-state index contributed by atoms with van der Waals surface area (Å²) in [7, 11) is 3.50. The summed E-state index contributed by atoms with van der Waals surface area (Å²) in [5.74, 6) is 3.05. The Labute approximate surface area is 191 Å². The molecule has 8 nitrogen and oxygen atoms in total. The first kappa shape index (κ1) is 24.0. The van der Waals surface area contributed by atoms with Gasteiger partial charge in [-0.15, -0.1) is 0 Å². The van der Waals surface area contributed by atoms with Crippen molar-refractivity contribution < 1.29 is 9.26 Å². The molecule has 0 amide bonds. The Hall–Kier alpha value is -2.61. The first-order valence-electron chi connectivity index (χ1n) is 11.9. The van der Waals surface area contributed by atoms with Crippen LogP contribution in [0.2, 0.25) is 0 Å². The molecule has 2 aromatic rings. The second-order valence-corrected chi connectivity index (χ2v) is 8.31. The van der Waals surface area contributed by atoms with Crippen LogP contribution in [0.25, 0.3) is 11.4 Å². The molecule has 0 atom stereocenters. The molecular formula is C24H38N6O2. The third kappa shape index (κ3) is 7.51. The maximum atomic E-state index is 5.40. The number of hydrogen-bond donors (Lipinski definition) is 2. The Morgan fingerprint density at radius 3 is 2.66 bits per heavy atom. The van der Waals surface area contributed by atoms with Crippen molar-refractivity contribution in [3.63, 3.8) is 0 Å². The fourth-order valence-electron chi connectivity index (χ4n) is 4.00. The quantitative estimate of drug-likeness (QED) is 0.313. The number of benzene rings is 1. The minimum Gasteiger partial charge on any atom is -0.497 e. The maximum absolute atomic E-state index is 5.40. The Bertz CT molecular complexity index is 812. The third-order valence-corrected chi connectivity index (χ3v) is 5.87. The van der Waals surface area contributed by atoms with E-state index < -0.39 is 0 Å². The summed E-state index contributed by atoms with van der Waals surface area (Å²) in [5, 5.41) is 11.1. The molecule has 0 bridgehead atoms. The SMILES string of the molecule is CCCN1CCC(NC(=NC)NCCCCCc2nc(-c3ccc(OC)cc3)no2)CC1. The zero-order valence-electron chi connectivity index (χ0n) is 19.8. The fraction of sp³-hybridized carbons (Fsp3) is 0.625. The van der Waals surface area contributed by atoms with Crippen molar-refractivity contribution in [3.8, 4) is 17.1 Å². The molecular weight excluding hydrogens is 404 g/mol. The van der Waals surface area contributed by atoms with Gasteiger partial charge < -0.3 is 24.8 Å². The molecule has 3 rings (SSSR count). The molecule has 1 fully saturated rings. The average Bonchev–Trinajstić information content (AvgIpc) is 3.31. The van der Waals surface area contributed by atoms with Crippen molar-refractivity contribution in [2.45, 2.75) is 57.9 Å². The highest BCUT2D eigenvalue weighted by Crippen LogP contribution is 2.20. The van der Waals surface area contributed by atoms with Gasteiger partial charge in [-0.25, -0.2) is 0 Å². The lowest BCUT2D eigenvalue weighted by atomic mass is 10.1. The van der Waals surface area contributed by atoms with E-state index in [1.807, 2.05) is 31.3 Å². The Balaban J connectivity index is 1.29. The predicted octanol–water partition coefficient (Wildman–Crippen LogP) is 3.50. The van der Waals surface area contributed by atoms with Gasteiger partial charge in [-0.3, -0.25) is 4.99 Å². The molecule has 1 aliphatic rings. The zero-order valence-corrected chi connectivity index (χ0v) is 19.8. The van der Waals surface area contributed by atoms with Gasteiger partial charge in [0.05, 0.1) is 7.11 Å². The van der Waals surface area contributed by atoms with E-state index in [-0.39, 0.29) is 0 Å². The van der Waals surface area contributed by atoms with Crippen LogP contribution >= 0.6 is 0 Å². The molecule has 1 saturated heterocycles. The van der Waals surface area contributed by atoms with Crippen LogP contribution < -0.4 is 15.4 Å². The number of nitrogens with one attached hydrogen (secondary N) is 2. The van der Waals surface area contributed by atoms with Gasteiger partial charge in [0.1, 0.15) is 5.75 Å². The third-order valence-electron chi connectivity index (χ3n) is 5.87. The molecule has 8 heteroatoms. The summed E-state index contributed by atoms with van der Waals surface area (Å²) in [6, 6.07) is 8.20. The number of rotatable bonds is 11. The molecule has 2 N–H and O–H groups in total. The van der Waals surface area contributed by atoms with E-state index in [2.05, 4.69) is 37.6 Å². The van der Waals surface area contributed by atoms with Gasteiger partial charge in [-0.05, 0) is 62.9 Å². The van der Waals surface area contributed by atoms with Gasteiger partial charge in [0.25, 0.3) is 0 Å². The van der Waals surface area contributed by atoms with Crippen LogP contribution in [0.15, 0.2) is 33.8 Å². The van der Waals surface area contributed by atoms with Crippen LogP contribution in [-0.2, 0) is 6.42 Å². The molecule has 0 unspecified atom stereocenters. The van der Waals surface area contributed by atoms with Crippen molar-refractivity contribution in [3.05, 3.63) is 30.2 Å². The number of aromatic nitrogens is 2. The molecule has 0 saturated carbocycles. The lowest BCUT2D eigenvalue weighted by molar-refractivity contribution is 0.206. The highest BCUT2D eigenvalue weighted by molar-refractivity contribution is 5.79. The number of likely N-dealkylation sites (tertiary alicyclic amines) is 1. The van der Waals surface area contributed by atoms with E-state index in [0.29, 0.717) is 17.8 Å². The topological polar surface area (TPSA) is 87.8 Å². The van der Waals surface area contributed by atoms with E-state index in [4.69, 9.17) is 9.26 Å². The molecule has 1 aromatic heterocycles. The van der Waals surface area contributed by atoms with Gasteiger partial charge in [-0.1, -0.05) is 18.5 Å². The fourth-order valence-corrected chi connectivity index (χ4v) is 4.00. The summed E-state index contributed by atoms with van der Waals surface area (Å²) in [4.78, 5) is 11.4. The smallest absolute Gasteiger partial charge is 0.226 e. The van der Waals surface area contributed by atoms with E-state index in [0.717, 1.165) is 49.5 Å². The predicted molar refractivity (Wildman–Crippen MR) is 128 cm³/mol. The number of nitrogens with zero attached hydrogens (tertiary/aromatic N) is 4. The number of aryl methyl sites for hydroxylation is 1. The maximum Gasteiger partial charge on any atom is 0.226 e. The van der Waals surface area contributed by atoms with Crippen LogP contribution in [0.1, 0.15) is 51.3 Å². The Morgan fingerprint density at radius 2 is 1.97 bits per heavy atom. The number of unbranched alkanes of at least 4 members (excludes halogenated alkanes) is 2. The highest BCUT2D eigenvalue weighted by Gasteiger charge is 2.19. The number of aliphatic imine (C=N–C) groups is 1. The van der Waals surface area contributed by atoms with Crippen LogP contribution in [0, 0.1) is 0 Å². The van der Waals surface area contributed by atoms with Crippen molar-refractivity contribution >= 4 is 5.96 Å². The molecule has 0 spiro atoms. The molecule has 32 heavy (non-hydrogen) atoms. The van der Waals surface area contributed by atoms with Crippen LogP contribution in [0.4, 0.5) is 0 Å². The lowest BCUT2D eigenvalue weighted by Gasteiger charge is -2.32. The van der Waals surface area contributed by atoms with Crippen LogP contribution in [0.5, 0.6) is 5.75 Å².